The van der Waals surface area contributed by atoms with Gasteiger partial charge in [0.05, 0.1) is 11.0 Å². The molecule has 3 aromatic rings. The fourth-order valence-corrected chi connectivity index (χ4v) is 3.66. The second kappa shape index (κ2) is 7.30. The topological polar surface area (TPSA) is 69.8 Å². The number of amides is 1. The summed E-state index contributed by atoms with van der Waals surface area (Å²) < 4.78 is 0. The number of H-pyrrole nitrogens is 1. The van der Waals surface area contributed by atoms with Gasteiger partial charge in [-0.25, -0.2) is 4.98 Å². The second-order valence-corrected chi connectivity index (χ2v) is 6.91. The molecule has 1 aliphatic rings. The van der Waals surface area contributed by atoms with Gasteiger partial charge in [0.1, 0.15) is 5.82 Å². The molecule has 5 heteroatoms. The van der Waals surface area contributed by atoms with Crippen LogP contribution in [-0.2, 0) is 17.6 Å². The number of rotatable bonds is 5. The van der Waals surface area contributed by atoms with Crippen molar-refractivity contribution in [1.82, 2.24) is 20.6 Å². The molecule has 1 aromatic heterocycles. The van der Waals surface area contributed by atoms with Gasteiger partial charge in [0.2, 0.25) is 5.91 Å². The maximum Gasteiger partial charge on any atom is 0.220 e. The van der Waals surface area contributed by atoms with Gasteiger partial charge in [0, 0.05) is 25.4 Å². The van der Waals surface area contributed by atoms with E-state index >= 15 is 0 Å². The highest BCUT2D eigenvalue weighted by molar-refractivity contribution is 5.79. The summed E-state index contributed by atoms with van der Waals surface area (Å²) in [5.74, 6) is 0.928. The standard InChI is InChI=1S/C21H24N4O/c1-14-5-4-8-17-21(14)25-19(24-17)9-10-20(26)23-13-18-16-7-3-2-6-15(16)11-12-22-18/h2-8,18,22H,9-13H2,1H3,(H,23,26)(H,24,25). The molecule has 0 aliphatic carbocycles. The lowest BCUT2D eigenvalue weighted by Crippen LogP contribution is -2.38. The Hall–Kier alpha value is -2.66. The Morgan fingerprint density at radius 2 is 2.12 bits per heavy atom. The minimum absolute atomic E-state index is 0.0621. The molecule has 1 atom stereocenters. The first-order valence-corrected chi connectivity index (χ1v) is 9.23. The van der Waals surface area contributed by atoms with E-state index in [-0.39, 0.29) is 11.9 Å². The summed E-state index contributed by atoms with van der Waals surface area (Å²) in [5.41, 5.74) is 5.85. The van der Waals surface area contributed by atoms with Crippen LogP contribution in [0.3, 0.4) is 0 Å². The number of nitrogens with one attached hydrogen (secondary N) is 3. The van der Waals surface area contributed by atoms with Crippen LogP contribution in [0, 0.1) is 6.92 Å². The highest BCUT2D eigenvalue weighted by Crippen LogP contribution is 2.22. The maximum absolute atomic E-state index is 12.3. The normalized spacial score (nSPS) is 16.4. The van der Waals surface area contributed by atoms with Crippen molar-refractivity contribution in [1.29, 1.82) is 0 Å². The molecule has 134 valence electrons. The number of aromatic nitrogens is 2. The molecule has 1 unspecified atom stereocenters. The average Bonchev–Trinajstić information content (AvgIpc) is 3.09. The summed E-state index contributed by atoms with van der Waals surface area (Å²) in [4.78, 5) is 20.2. The van der Waals surface area contributed by atoms with Crippen molar-refractivity contribution < 1.29 is 4.79 Å². The molecule has 0 spiro atoms. The van der Waals surface area contributed by atoms with Gasteiger partial charge in [-0.15, -0.1) is 0 Å². The molecule has 4 rings (SSSR count). The summed E-state index contributed by atoms with van der Waals surface area (Å²) in [6, 6.07) is 14.7. The highest BCUT2D eigenvalue weighted by Gasteiger charge is 2.19. The van der Waals surface area contributed by atoms with Gasteiger partial charge in [-0.2, -0.15) is 0 Å². The Labute approximate surface area is 153 Å². The minimum Gasteiger partial charge on any atom is -0.354 e. The first-order valence-electron chi connectivity index (χ1n) is 9.23. The van der Waals surface area contributed by atoms with Gasteiger partial charge < -0.3 is 15.6 Å². The van der Waals surface area contributed by atoms with Crippen molar-refractivity contribution in [3.63, 3.8) is 0 Å². The van der Waals surface area contributed by atoms with E-state index in [4.69, 9.17) is 0 Å². The SMILES string of the molecule is Cc1cccc2[nH]c(CCC(=O)NCC3NCCc4ccccc43)nc12. The third-order valence-corrected chi connectivity index (χ3v) is 5.07. The number of benzene rings is 2. The van der Waals surface area contributed by atoms with E-state index < -0.39 is 0 Å². The lowest BCUT2D eigenvalue weighted by molar-refractivity contribution is -0.121. The quantitative estimate of drug-likeness (QED) is 0.664. The van der Waals surface area contributed by atoms with Gasteiger partial charge in [0.25, 0.3) is 0 Å². The van der Waals surface area contributed by atoms with Gasteiger partial charge in [-0.1, -0.05) is 36.4 Å². The predicted molar refractivity (Wildman–Crippen MR) is 103 cm³/mol. The predicted octanol–water partition coefficient (Wildman–Crippen LogP) is 2.81. The number of carbonyl (C=O) groups is 1. The van der Waals surface area contributed by atoms with E-state index in [1.54, 1.807) is 0 Å². The monoisotopic (exact) mass is 348 g/mol. The molecule has 0 bridgehead atoms. The van der Waals surface area contributed by atoms with Crippen LogP contribution in [0.25, 0.3) is 11.0 Å². The third-order valence-electron chi connectivity index (χ3n) is 5.07. The molecular formula is C21H24N4O. The van der Waals surface area contributed by atoms with Crippen molar-refractivity contribution >= 4 is 16.9 Å². The van der Waals surface area contributed by atoms with E-state index in [1.165, 1.54) is 11.1 Å². The molecule has 0 radical (unpaired) electrons. The number of hydrogen-bond acceptors (Lipinski definition) is 3. The fraction of sp³-hybridized carbons (Fsp3) is 0.333. The lowest BCUT2D eigenvalue weighted by atomic mass is 9.94. The Kier molecular flexibility index (Phi) is 4.71. The molecule has 0 fully saturated rings. The van der Waals surface area contributed by atoms with Crippen molar-refractivity contribution in [2.75, 3.05) is 13.1 Å². The fourth-order valence-electron chi connectivity index (χ4n) is 3.66. The van der Waals surface area contributed by atoms with Crippen LogP contribution in [0.1, 0.15) is 35.0 Å². The van der Waals surface area contributed by atoms with E-state index in [1.807, 2.05) is 12.1 Å². The first-order chi connectivity index (χ1) is 12.7. The summed E-state index contributed by atoms with van der Waals surface area (Å²) in [5, 5.41) is 6.56. The molecule has 26 heavy (non-hydrogen) atoms. The van der Waals surface area contributed by atoms with Crippen LogP contribution in [0.15, 0.2) is 42.5 Å². The maximum atomic E-state index is 12.3. The largest absolute Gasteiger partial charge is 0.354 e. The molecular weight excluding hydrogens is 324 g/mol. The van der Waals surface area contributed by atoms with Crippen LogP contribution in [0.2, 0.25) is 0 Å². The summed E-state index contributed by atoms with van der Waals surface area (Å²) >= 11 is 0. The number of fused-ring (bicyclic) bond motifs is 2. The highest BCUT2D eigenvalue weighted by atomic mass is 16.1. The van der Waals surface area contributed by atoms with Crippen LogP contribution >= 0.6 is 0 Å². The van der Waals surface area contributed by atoms with Crippen molar-refractivity contribution in [3.05, 3.63) is 65.0 Å². The number of para-hydroxylation sites is 1. The first kappa shape index (κ1) is 16.8. The number of imidazole rings is 1. The third kappa shape index (κ3) is 3.48. The smallest absolute Gasteiger partial charge is 0.220 e. The van der Waals surface area contributed by atoms with E-state index in [9.17, 15) is 4.79 Å². The number of hydrogen-bond donors (Lipinski definition) is 3. The molecule has 1 amide bonds. The van der Waals surface area contributed by atoms with Crippen LogP contribution in [0.5, 0.6) is 0 Å². The van der Waals surface area contributed by atoms with Crippen LogP contribution in [0.4, 0.5) is 0 Å². The molecule has 2 aromatic carbocycles. The van der Waals surface area contributed by atoms with Crippen molar-refractivity contribution in [2.45, 2.75) is 32.2 Å². The summed E-state index contributed by atoms with van der Waals surface area (Å²) in [7, 11) is 0. The molecule has 3 N–H and O–H groups in total. The number of carbonyl (C=O) groups excluding carboxylic acids is 1. The summed E-state index contributed by atoms with van der Waals surface area (Å²) in [6.45, 7) is 3.62. The Bertz CT molecular complexity index is 931. The Balaban J connectivity index is 1.32. The number of aromatic amines is 1. The molecule has 1 aliphatic heterocycles. The number of nitrogens with zero attached hydrogens (tertiary/aromatic N) is 1. The van der Waals surface area contributed by atoms with Gasteiger partial charge in [-0.3, -0.25) is 4.79 Å². The van der Waals surface area contributed by atoms with E-state index in [0.29, 0.717) is 19.4 Å². The van der Waals surface area contributed by atoms with E-state index in [0.717, 1.165) is 35.4 Å². The minimum atomic E-state index is 0.0621. The summed E-state index contributed by atoms with van der Waals surface area (Å²) in [6.07, 6.45) is 2.11. The zero-order valence-electron chi connectivity index (χ0n) is 15.0. The van der Waals surface area contributed by atoms with E-state index in [2.05, 4.69) is 57.9 Å². The second-order valence-electron chi connectivity index (χ2n) is 6.91. The van der Waals surface area contributed by atoms with Crippen molar-refractivity contribution in [3.8, 4) is 0 Å². The average molecular weight is 348 g/mol. The number of aryl methyl sites for hydroxylation is 2. The Morgan fingerprint density at radius 3 is 3.00 bits per heavy atom. The molecule has 0 saturated carbocycles. The zero-order valence-corrected chi connectivity index (χ0v) is 15.0. The molecule has 2 heterocycles. The van der Waals surface area contributed by atoms with Crippen molar-refractivity contribution in [2.24, 2.45) is 0 Å². The molecule has 5 nitrogen and oxygen atoms in total. The van der Waals surface area contributed by atoms with Crippen LogP contribution in [-0.4, -0.2) is 29.0 Å². The van der Waals surface area contributed by atoms with Gasteiger partial charge in [0.15, 0.2) is 0 Å². The van der Waals surface area contributed by atoms with Gasteiger partial charge in [-0.05, 0) is 42.6 Å². The molecule has 0 saturated heterocycles. The lowest BCUT2D eigenvalue weighted by Gasteiger charge is -2.27. The zero-order chi connectivity index (χ0) is 17.9. The van der Waals surface area contributed by atoms with Crippen LogP contribution < -0.4 is 10.6 Å². The van der Waals surface area contributed by atoms with Gasteiger partial charge >= 0.3 is 0 Å². The Morgan fingerprint density at radius 1 is 1.23 bits per heavy atom.